The second-order valence-corrected chi connectivity index (χ2v) is 5.60. The molecule has 2 aromatic rings. The van der Waals surface area contributed by atoms with Crippen molar-refractivity contribution in [3.05, 3.63) is 28.5 Å². The van der Waals surface area contributed by atoms with Crippen molar-refractivity contribution in [1.82, 2.24) is 15.3 Å². The van der Waals surface area contributed by atoms with Gasteiger partial charge in [-0.2, -0.15) is 0 Å². The molecule has 1 aromatic heterocycles. The first-order valence-electron chi connectivity index (χ1n) is 6.17. The molecule has 0 aliphatic carbocycles. The Morgan fingerprint density at radius 3 is 3.06 bits per heavy atom. The summed E-state index contributed by atoms with van der Waals surface area (Å²) in [4.78, 5) is 8.09. The van der Waals surface area contributed by atoms with E-state index in [-0.39, 0.29) is 0 Å². The Hall–Kier alpha value is -0.870. The molecule has 90 valence electrons. The van der Waals surface area contributed by atoms with Crippen LogP contribution >= 0.6 is 15.9 Å². The zero-order valence-electron chi connectivity index (χ0n) is 9.83. The second-order valence-electron chi connectivity index (χ2n) is 4.69. The summed E-state index contributed by atoms with van der Waals surface area (Å²) < 4.78 is 1.09. The van der Waals surface area contributed by atoms with Crippen molar-refractivity contribution >= 4 is 27.0 Å². The van der Waals surface area contributed by atoms with Crippen LogP contribution < -0.4 is 5.32 Å². The molecule has 1 aliphatic rings. The standard InChI is InChI=1S/C13H16BrN3/c1-2-9-4-6-11(15-9)13-16-10-5-3-8(14)7-12(10)17-13/h3,5,7,9,11,15H,2,4,6H2,1H3,(H,16,17)/t9-,11-/m0/s1. The normalized spacial score (nSPS) is 24.6. The van der Waals surface area contributed by atoms with Gasteiger partial charge < -0.3 is 10.3 Å². The van der Waals surface area contributed by atoms with E-state index in [1.54, 1.807) is 0 Å². The molecule has 1 saturated heterocycles. The molecular formula is C13H16BrN3. The van der Waals surface area contributed by atoms with Crippen LogP contribution in [0, 0.1) is 0 Å². The van der Waals surface area contributed by atoms with Gasteiger partial charge in [-0.25, -0.2) is 4.98 Å². The summed E-state index contributed by atoms with van der Waals surface area (Å²) in [5.74, 6) is 1.08. The molecule has 0 amide bonds. The zero-order chi connectivity index (χ0) is 11.8. The Morgan fingerprint density at radius 1 is 1.41 bits per heavy atom. The molecule has 0 saturated carbocycles. The minimum Gasteiger partial charge on any atom is -0.341 e. The molecule has 0 bridgehead atoms. The highest BCUT2D eigenvalue weighted by molar-refractivity contribution is 9.10. The predicted octanol–water partition coefficient (Wildman–Crippen LogP) is 3.53. The van der Waals surface area contributed by atoms with E-state index in [4.69, 9.17) is 0 Å². The van der Waals surface area contributed by atoms with Crippen molar-refractivity contribution < 1.29 is 0 Å². The Morgan fingerprint density at radius 2 is 2.29 bits per heavy atom. The van der Waals surface area contributed by atoms with Crippen LogP contribution in [0.2, 0.25) is 0 Å². The average molecular weight is 294 g/mol. The maximum atomic E-state index is 4.67. The summed E-state index contributed by atoms with van der Waals surface area (Å²) in [6, 6.07) is 7.21. The van der Waals surface area contributed by atoms with E-state index in [1.165, 1.54) is 19.3 Å². The molecule has 0 unspecified atom stereocenters. The number of imidazole rings is 1. The van der Waals surface area contributed by atoms with E-state index in [0.29, 0.717) is 12.1 Å². The Kier molecular flexibility index (Phi) is 2.92. The van der Waals surface area contributed by atoms with Gasteiger partial charge in [-0.1, -0.05) is 22.9 Å². The third kappa shape index (κ3) is 2.11. The fraction of sp³-hybridized carbons (Fsp3) is 0.462. The number of hydrogen-bond acceptors (Lipinski definition) is 2. The van der Waals surface area contributed by atoms with Crippen LogP contribution in [-0.2, 0) is 0 Å². The molecule has 0 radical (unpaired) electrons. The highest BCUT2D eigenvalue weighted by atomic mass is 79.9. The van der Waals surface area contributed by atoms with Gasteiger partial charge in [-0.15, -0.1) is 0 Å². The summed E-state index contributed by atoms with van der Waals surface area (Å²) >= 11 is 3.48. The summed E-state index contributed by atoms with van der Waals surface area (Å²) in [7, 11) is 0. The van der Waals surface area contributed by atoms with Crippen LogP contribution in [-0.4, -0.2) is 16.0 Å². The van der Waals surface area contributed by atoms with Crippen LogP contribution in [0.5, 0.6) is 0 Å². The fourth-order valence-electron chi connectivity index (χ4n) is 2.52. The summed E-state index contributed by atoms with van der Waals surface area (Å²) in [5.41, 5.74) is 2.15. The van der Waals surface area contributed by atoms with Crippen molar-refractivity contribution in [2.24, 2.45) is 0 Å². The lowest BCUT2D eigenvalue weighted by molar-refractivity contribution is 0.528. The summed E-state index contributed by atoms with van der Waals surface area (Å²) in [6.07, 6.45) is 3.63. The van der Waals surface area contributed by atoms with Crippen LogP contribution in [0.4, 0.5) is 0 Å². The lowest BCUT2D eigenvalue weighted by Crippen LogP contribution is -2.23. The van der Waals surface area contributed by atoms with Crippen molar-refractivity contribution in [1.29, 1.82) is 0 Å². The number of aromatic nitrogens is 2. The number of nitrogens with one attached hydrogen (secondary N) is 2. The third-order valence-electron chi connectivity index (χ3n) is 3.53. The van der Waals surface area contributed by atoms with Crippen LogP contribution in [0.25, 0.3) is 11.0 Å². The van der Waals surface area contributed by atoms with Crippen LogP contribution in [0.15, 0.2) is 22.7 Å². The van der Waals surface area contributed by atoms with Crippen LogP contribution in [0.3, 0.4) is 0 Å². The van der Waals surface area contributed by atoms with E-state index in [9.17, 15) is 0 Å². The van der Waals surface area contributed by atoms with Gasteiger partial charge in [0.2, 0.25) is 0 Å². The Bertz CT molecular complexity index is 534. The second kappa shape index (κ2) is 4.42. The first-order valence-corrected chi connectivity index (χ1v) is 6.97. The first kappa shape index (κ1) is 11.2. The monoisotopic (exact) mass is 293 g/mol. The van der Waals surface area contributed by atoms with Gasteiger partial charge >= 0.3 is 0 Å². The van der Waals surface area contributed by atoms with Crippen molar-refractivity contribution in [2.45, 2.75) is 38.3 Å². The average Bonchev–Trinajstić information content (AvgIpc) is 2.93. The molecule has 0 spiro atoms. The molecule has 2 N–H and O–H groups in total. The highest BCUT2D eigenvalue weighted by Crippen LogP contribution is 2.28. The molecule has 2 atom stereocenters. The zero-order valence-corrected chi connectivity index (χ0v) is 11.4. The van der Waals surface area contributed by atoms with E-state index in [2.05, 4.69) is 44.2 Å². The van der Waals surface area contributed by atoms with Gasteiger partial charge in [-0.05, 0) is 37.5 Å². The molecule has 1 fully saturated rings. The molecule has 1 aromatic carbocycles. The highest BCUT2D eigenvalue weighted by Gasteiger charge is 2.25. The Labute approximate surface area is 109 Å². The van der Waals surface area contributed by atoms with Gasteiger partial charge in [-0.3, -0.25) is 0 Å². The van der Waals surface area contributed by atoms with Gasteiger partial charge in [0.05, 0.1) is 17.1 Å². The molecule has 4 heteroatoms. The third-order valence-corrected chi connectivity index (χ3v) is 4.02. The van der Waals surface area contributed by atoms with Gasteiger partial charge in [0.25, 0.3) is 0 Å². The molecule has 17 heavy (non-hydrogen) atoms. The topological polar surface area (TPSA) is 40.7 Å². The van der Waals surface area contributed by atoms with Crippen molar-refractivity contribution in [3.8, 4) is 0 Å². The minimum atomic E-state index is 0.395. The van der Waals surface area contributed by atoms with Gasteiger partial charge in [0, 0.05) is 10.5 Å². The van der Waals surface area contributed by atoms with E-state index in [1.807, 2.05) is 12.1 Å². The summed E-state index contributed by atoms with van der Waals surface area (Å²) in [5, 5.41) is 3.63. The van der Waals surface area contributed by atoms with Gasteiger partial charge in [0.1, 0.15) is 5.82 Å². The molecular weight excluding hydrogens is 278 g/mol. The van der Waals surface area contributed by atoms with E-state index < -0.39 is 0 Å². The lowest BCUT2D eigenvalue weighted by atomic mass is 10.1. The molecule has 3 nitrogen and oxygen atoms in total. The SMILES string of the molecule is CC[C@H]1CC[C@@H](c2nc3ccc(Br)cc3[nH]2)N1. The number of halogens is 1. The first-order chi connectivity index (χ1) is 8.26. The van der Waals surface area contributed by atoms with Gasteiger partial charge in [0.15, 0.2) is 0 Å². The summed E-state index contributed by atoms with van der Waals surface area (Å²) in [6.45, 7) is 2.23. The van der Waals surface area contributed by atoms with Crippen molar-refractivity contribution in [2.75, 3.05) is 0 Å². The quantitative estimate of drug-likeness (QED) is 0.889. The number of fused-ring (bicyclic) bond motifs is 1. The van der Waals surface area contributed by atoms with Crippen molar-refractivity contribution in [3.63, 3.8) is 0 Å². The lowest BCUT2D eigenvalue weighted by Gasteiger charge is -2.09. The van der Waals surface area contributed by atoms with E-state index in [0.717, 1.165) is 21.3 Å². The maximum absolute atomic E-state index is 4.67. The smallest absolute Gasteiger partial charge is 0.124 e. The minimum absolute atomic E-state index is 0.395. The number of hydrogen-bond donors (Lipinski definition) is 2. The number of rotatable bonds is 2. The van der Waals surface area contributed by atoms with Crippen LogP contribution in [0.1, 0.15) is 38.1 Å². The number of aromatic amines is 1. The molecule has 2 heterocycles. The Balaban J connectivity index is 1.91. The fourth-order valence-corrected chi connectivity index (χ4v) is 2.88. The maximum Gasteiger partial charge on any atom is 0.124 e. The molecule has 3 rings (SSSR count). The largest absolute Gasteiger partial charge is 0.341 e. The van der Waals surface area contributed by atoms with E-state index >= 15 is 0 Å². The number of H-pyrrole nitrogens is 1. The number of benzene rings is 1. The number of nitrogens with zero attached hydrogens (tertiary/aromatic N) is 1. The predicted molar refractivity (Wildman–Crippen MR) is 73.0 cm³/mol. The molecule has 1 aliphatic heterocycles.